The lowest BCUT2D eigenvalue weighted by Gasteiger charge is -2.29. The van der Waals surface area contributed by atoms with Gasteiger partial charge in [-0.1, -0.05) is 19.1 Å². The first-order valence-corrected chi connectivity index (χ1v) is 4.36. The van der Waals surface area contributed by atoms with Crippen LogP contribution in [-0.2, 0) is 5.60 Å². The summed E-state index contributed by atoms with van der Waals surface area (Å²) in [6.45, 7) is 1.22. The van der Waals surface area contributed by atoms with Crippen molar-refractivity contribution in [3.05, 3.63) is 35.6 Å². The SMILES string of the molecule is CCC(O)(c1ccc(F)cc1)C(F)(F)F. The lowest BCUT2D eigenvalue weighted by atomic mass is 9.90. The third-order valence-electron chi connectivity index (χ3n) is 2.30. The van der Waals surface area contributed by atoms with Crippen molar-refractivity contribution in [1.82, 2.24) is 0 Å². The number of alkyl halides is 3. The summed E-state index contributed by atoms with van der Waals surface area (Å²) in [4.78, 5) is 0. The molecule has 15 heavy (non-hydrogen) atoms. The van der Waals surface area contributed by atoms with Crippen LogP contribution in [0.1, 0.15) is 18.9 Å². The predicted molar refractivity (Wildman–Crippen MR) is 46.6 cm³/mol. The summed E-state index contributed by atoms with van der Waals surface area (Å²) in [5, 5.41) is 9.47. The van der Waals surface area contributed by atoms with Gasteiger partial charge in [0.2, 0.25) is 0 Å². The minimum Gasteiger partial charge on any atom is -0.376 e. The molecule has 1 unspecified atom stereocenters. The van der Waals surface area contributed by atoms with Gasteiger partial charge in [0.05, 0.1) is 0 Å². The Hall–Kier alpha value is -1.10. The Morgan fingerprint density at radius 1 is 1.13 bits per heavy atom. The number of rotatable bonds is 2. The van der Waals surface area contributed by atoms with Crippen LogP contribution < -0.4 is 0 Å². The molecule has 0 saturated carbocycles. The number of hydrogen-bond donors (Lipinski definition) is 1. The number of aliphatic hydroxyl groups is 1. The van der Waals surface area contributed by atoms with Crippen LogP contribution >= 0.6 is 0 Å². The zero-order valence-corrected chi connectivity index (χ0v) is 7.98. The molecule has 0 bridgehead atoms. The van der Waals surface area contributed by atoms with Crippen LogP contribution in [0.25, 0.3) is 0 Å². The summed E-state index contributed by atoms with van der Waals surface area (Å²) < 4.78 is 50.2. The van der Waals surface area contributed by atoms with Gasteiger partial charge in [0.1, 0.15) is 5.82 Å². The van der Waals surface area contributed by atoms with Crippen molar-refractivity contribution in [3.63, 3.8) is 0 Å². The standard InChI is InChI=1S/C10H10F4O/c1-2-9(15,10(12,13)14)7-3-5-8(11)6-4-7/h3-6,15H,2H2,1H3. The molecule has 0 amide bonds. The normalized spacial score (nSPS) is 16.1. The quantitative estimate of drug-likeness (QED) is 0.762. The maximum atomic E-state index is 12.5. The summed E-state index contributed by atoms with van der Waals surface area (Å²) >= 11 is 0. The first-order chi connectivity index (χ1) is 6.81. The van der Waals surface area contributed by atoms with E-state index in [9.17, 15) is 22.7 Å². The Morgan fingerprint density at radius 2 is 1.60 bits per heavy atom. The lowest BCUT2D eigenvalue weighted by molar-refractivity contribution is -0.267. The van der Waals surface area contributed by atoms with Gasteiger partial charge < -0.3 is 5.11 Å². The van der Waals surface area contributed by atoms with Gasteiger partial charge in [0, 0.05) is 0 Å². The van der Waals surface area contributed by atoms with Gasteiger partial charge in [-0.2, -0.15) is 13.2 Å². The molecule has 1 N–H and O–H groups in total. The zero-order chi connectivity index (χ0) is 11.7. The molecular formula is C10H10F4O. The number of hydrogen-bond acceptors (Lipinski definition) is 1. The molecule has 5 heteroatoms. The van der Waals surface area contributed by atoms with Crippen LogP contribution in [0, 0.1) is 5.82 Å². The first-order valence-electron chi connectivity index (χ1n) is 4.36. The second kappa shape index (κ2) is 3.81. The molecular weight excluding hydrogens is 212 g/mol. The molecule has 1 aromatic carbocycles. The molecule has 0 heterocycles. The highest BCUT2D eigenvalue weighted by Crippen LogP contribution is 2.41. The molecule has 0 spiro atoms. The minimum atomic E-state index is -4.76. The van der Waals surface area contributed by atoms with Gasteiger partial charge in [0.15, 0.2) is 5.60 Å². The molecule has 0 saturated heterocycles. The van der Waals surface area contributed by atoms with Gasteiger partial charge in [-0.05, 0) is 24.1 Å². The highest BCUT2D eigenvalue weighted by atomic mass is 19.4. The third-order valence-corrected chi connectivity index (χ3v) is 2.30. The van der Waals surface area contributed by atoms with Gasteiger partial charge in [-0.25, -0.2) is 4.39 Å². The Morgan fingerprint density at radius 3 is 1.93 bits per heavy atom. The van der Waals surface area contributed by atoms with Gasteiger partial charge in [-0.15, -0.1) is 0 Å². The van der Waals surface area contributed by atoms with Crippen molar-refractivity contribution in [2.24, 2.45) is 0 Å². The highest BCUT2D eigenvalue weighted by Gasteiger charge is 2.53. The summed E-state index contributed by atoms with van der Waals surface area (Å²) in [7, 11) is 0. The van der Waals surface area contributed by atoms with Gasteiger partial charge in [0.25, 0.3) is 0 Å². The Kier molecular flexibility index (Phi) is 3.04. The average Bonchev–Trinajstić information content (AvgIpc) is 2.16. The summed E-state index contributed by atoms with van der Waals surface area (Å²) in [5.74, 6) is -0.639. The Bertz CT molecular complexity index is 330. The van der Waals surface area contributed by atoms with E-state index in [2.05, 4.69) is 0 Å². The van der Waals surface area contributed by atoms with E-state index in [1.807, 2.05) is 0 Å². The smallest absolute Gasteiger partial charge is 0.376 e. The van der Waals surface area contributed by atoms with Crippen molar-refractivity contribution < 1.29 is 22.7 Å². The predicted octanol–water partition coefficient (Wildman–Crippen LogP) is 2.99. The summed E-state index contributed by atoms with van der Waals surface area (Å²) in [6.07, 6.45) is -5.28. The fourth-order valence-electron chi connectivity index (χ4n) is 1.29. The fourth-order valence-corrected chi connectivity index (χ4v) is 1.29. The van der Waals surface area contributed by atoms with E-state index in [4.69, 9.17) is 0 Å². The van der Waals surface area contributed by atoms with Crippen LogP contribution in [-0.4, -0.2) is 11.3 Å². The van der Waals surface area contributed by atoms with Crippen molar-refractivity contribution in [1.29, 1.82) is 0 Å². The monoisotopic (exact) mass is 222 g/mol. The molecule has 1 aromatic rings. The van der Waals surface area contributed by atoms with E-state index in [0.717, 1.165) is 24.3 Å². The second-order valence-electron chi connectivity index (χ2n) is 3.22. The highest BCUT2D eigenvalue weighted by molar-refractivity contribution is 5.24. The molecule has 0 aliphatic carbocycles. The van der Waals surface area contributed by atoms with E-state index in [0.29, 0.717) is 0 Å². The molecule has 0 aliphatic rings. The summed E-state index contributed by atoms with van der Waals surface area (Å²) in [6, 6.07) is 3.65. The Balaban J connectivity index is 3.18. The van der Waals surface area contributed by atoms with Crippen molar-refractivity contribution in [3.8, 4) is 0 Å². The van der Waals surface area contributed by atoms with Crippen molar-refractivity contribution in [2.75, 3.05) is 0 Å². The molecule has 84 valence electrons. The van der Waals surface area contributed by atoms with Crippen molar-refractivity contribution >= 4 is 0 Å². The Labute approximate surface area is 84.3 Å². The van der Waals surface area contributed by atoms with Crippen LogP contribution in [0.15, 0.2) is 24.3 Å². The van der Waals surface area contributed by atoms with Gasteiger partial charge in [-0.3, -0.25) is 0 Å². The zero-order valence-electron chi connectivity index (χ0n) is 7.98. The number of halogens is 4. The molecule has 0 aromatic heterocycles. The van der Waals surface area contributed by atoms with Crippen LogP contribution in [0.2, 0.25) is 0 Å². The van der Waals surface area contributed by atoms with Crippen LogP contribution in [0.5, 0.6) is 0 Å². The van der Waals surface area contributed by atoms with E-state index < -0.39 is 24.0 Å². The average molecular weight is 222 g/mol. The molecule has 1 atom stereocenters. The largest absolute Gasteiger partial charge is 0.421 e. The maximum absolute atomic E-state index is 12.5. The second-order valence-corrected chi connectivity index (χ2v) is 3.22. The molecule has 0 radical (unpaired) electrons. The van der Waals surface area contributed by atoms with Gasteiger partial charge >= 0.3 is 6.18 Å². The topological polar surface area (TPSA) is 20.2 Å². The fraction of sp³-hybridized carbons (Fsp3) is 0.400. The van der Waals surface area contributed by atoms with E-state index in [1.165, 1.54) is 6.92 Å². The molecule has 1 rings (SSSR count). The molecule has 0 fully saturated rings. The third kappa shape index (κ3) is 2.12. The van der Waals surface area contributed by atoms with E-state index in [1.54, 1.807) is 0 Å². The maximum Gasteiger partial charge on any atom is 0.421 e. The minimum absolute atomic E-state index is 0.348. The number of benzene rings is 1. The van der Waals surface area contributed by atoms with E-state index >= 15 is 0 Å². The lowest BCUT2D eigenvalue weighted by Crippen LogP contribution is -2.41. The van der Waals surface area contributed by atoms with Crippen molar-refractivity contribution in [2.45, 2.75) is 25.1 Å². The molecule has 0 aliphatic heterocycles. The first kappa shape index (κ1) is 12.0. The summed E-state index contributed by atoms with van der Waals surface area (Å²) in [5.41, 5.74) is -3.25. The van der Waals surface area contributed by atoms with Crippen LogP contribution in [0.4, 0.5) is 17.6 Å². The van der Waals surface area contributed by atoms with Crippen LogP contribution in [0.3, 0.4) is 0 Å². The van der Waals surface area contributed by atoms with E-state index in [-0.39, 0.29) is 5.56 Å². The molecule has 1 nitrogen and oxygen atoms in total.